The molecule has 1 saturated carbocycles. The van der Waals surface area contributed by atoms with Gasteiger partial charge in [-0.1, -0.05) is 6.07 Å². The fourth-order valence-corrected chi connectivity index (χ4v) is 2.45. The summed E-state index contributed by atoms with van der Waals surface area (Å²) in [6, 6.07) is 8.10. The molecule has 0 bridgehead atoms. The Morgan fingerprint density at radius 3 is 3.00 bits per heavy atom. The maximum Gasteiger partial charge on any atom is 0.337 e. The van der Waals surface area contributed by atoms with E-state index in [0.717, 1.165) is 31.4 Å². The van der Waals surface area contributed by atoms with Crippen LogP contribution in [0.3, 0.4) is 0 Å². The number of carbonyl (C=O) groups excluding carboxylic acids is 1. The van der Waals surface area contributed by atoms with Crippen LogP contribution in [0.1, 0.15) is 36.0 Å². The normalized spacial score (nSPS) is 23.4. The predicted molar refractivity (Wildman–Crippen MR) is 71.6 cm³/mol. The van der Waals surface area contributed by atoms with Crippen LogP contribution in [0, 0.1) is 0 Å². The average molecular weight is 248 g/mol. The number of esters is 1. The Morgan fingerprint density at radius 2 is 2.28 bits per heavy atom. The third kappa shape index (κ3) is 3.23. The van der Waals surface area contributed by atoms with Crippen LogP contribution in [0.25, 0.3) is 0 Å². The van der Waals surface area contributed by atoms with Gasteiger partial charge < -0.3 is 15.8 Å². The van der Waals surface area contributed by atoms with E-state index in [1.165, 1.54) is 7.11 Å². The summed E-state index contributed by atoms with van der Waals surface area (Å²) >= 11 is 0. The van der Waals surface area contributed by atoms with Crippen LogP contribution in [0.2, 0.25) is 0 Å². The Bertz CT molecular complexity index is 420. The second kappa shape index (κ2) is 5.87. The molecular formula is C14H20N2O2. The van der Waals surface area contributed by atoms with Crippen molar-refractivity contribution < 1.29 is 9.53 Å². The lowest BCUT2D eigenvalue weighted by Gasteiger charge is -2.28. The molecule has 4 heteroatoms. The van der Waals surface area contributed by atoms with E-state index in [2.05, 4.69) is 5.32 Å². The number of benzene rings is 1. The minimum atomic E-state index is -0.306. The second-order valence-corrected chi connectivity index (χ2v) is 4.84. The average Bonchev–Trinajstić information content (AvgIpc) is 2.38. The van der Waals surface area contributed by atoms with Gasteiger partial charge in [0, 0.05) is 17.8 Å². The molecule has 1 aliphatic carbocycles. The lowest BCUT2D eigenvalue weighted by Crippen LogP contribution is -2.34. The summed E-state index contributed by atoms with van der Waals surface area (Å²) in [5.41, 5.74) is 7.49. The Balaban J connectivity index is 2.02. The van der Waals surface area contributed by atoms with Gasteiger partial charge >= 0.3 is 5.97 Å². The van der Waals surface area contributed by atoms with Crippen molar-refractivity contribution in [1.29, 1.82) is 0 Å². The maximum absolute atomic E-state index is 11.4. The number of hydrogen-bond donors (Lipinski definition) is 2. The van der Waals surface area contributed by atoms with Gasteiger partial charge in [-0.3, -0.25) is 0 Å². The van der Waals surface area contributed by atoms with Crippen LogP contribution < -0.4 is 11.1 Å². The Labute approximate surface area is 108 Å². The summed E-state index contributed by atoms with van der Waals surface area (Å²) in [7, 11) is 1.39. The lowest BCUT2D eigenvalue weighted by atomic mass is 9.91. The number of anilines is 1. The van der Waals surface area contributed by atoms with Gasteiger partial charge in [-0.15, -0.1) is 0 Å². The number of nitrogens with two attached hydrogens (primary N) is 1. The summed E-state index contributed by atoms with van der Waals surface area (Å²) in [4.78, 5) is 11.4. The summed E-state index contributed by atoms with van der Waals surface area (Å²) in [5, 5.41) is 3.44. The van der Waals surface area contributed by atoms with Crippen molar-refractivity contribution in [3.63, 3.8) is 0 Å². The Kier molecular flexibility index (Phi) is 4.20. The predicted octanol–water partition coefficient (Wildman–Crippen LogP) is 2.16. The smallest absolute Gasteiger partial charge is 0.337 e. The standard InChI is InChI=1S/C14H20N2O2/c1-18-14(17)10-4-2-6-12(8-10)16-13-7-3-5-11(15)9-13/h2,4,6,8,11,13,16H,3,5,7,9,15H2,1H3. The van der Waals surface area contributed by atoms with E-state index in [0.29, 0.717) is 17.6 Å². The van der Waals surface area contributed by atoms with E-state index in [-0.39, 0.29) is 5.97 Å². The second-order valence-electron chi connectivity index (χ2n) is 4.84. The van der Waals surface area contributed by atoms with Crippen molar-refractivity contribution in [3.8, 4) is 0 Å². The van der Waals surface area contributed by atoms with Crippen LogP contribution in [0.15, 0.2) is 24.3 Å². The molecule has 1 fully saturated rings. The maximum atomic E-state index is 11.4. The number of ether oxygens (including phenoxy) is 1. The Morgan fingerprint density at radius 1 is 1.44 bits per heavy atom. The highest BCUT2D eigenvalue weighted by molar-refractivity contribution is 5.90. The molecule has 0 radical (unpaired) electrons. The molecule has 0 spiro atoms. The molecule has 0 aromatic heterocycles. The largest absolute Gasteiger partial charge is 0.465 e. The van der Waals surface area contributed by atoms with E-state index in [9.17, 15) is 4.79 Å². The highest BCUT2D eigenvalue weighted by Gasteiger charge is 2.19. The van der Waals surface area contributed by atoms with Gasteiger partial charge in [-0.2, -0.15) is 0 Å². The van der Waals surface area contributed by atoms with Gasteiger partial charge in [-0.25, -0.2) is 4.79 Å². The zero-order valence-corrected chi connectivity index (χ0v) is 10.7. The van der Waals surface area contributed by atoms with Crippen molar-refractivity contribution in [2.24, 2.45) is 5.73 Å². The number of carbonyl (C=O) groups is 1. The molecule has 2 rings (SSSR count). The molecule has 0 aliphatic heterocycles. The molecule has 1 aliphatic rings. The van der Waals surface area contributed by atoms with Gasteiger partial charge in [0.1, 0.15) is 0 Å². The minimum Gasteiger partial charge on any atom is -0.465 e. The van der Waals surface area contributed by atoms with Crippen molar-refractivity contribution >= 4 is 11.7 Å². The van der Waals surface area contributed by atoms with Crippen molar-refractivity contribution in [2.75, 3.05) is 12.4 Å². The molecule has 3 N–H and O–H groups in total. The first-order valence-electron chi connectivity index (χ1n) is 6.39. The van der Waals surface area contributed by atoms with Crippen LogP contribution in [0.4, 0.5) is 5.69 Å². The SMILES string of the molecule is COC(=O)c1cccc(NC2CCCC(N)C2)c1. The van der Waals surface area contributed by atoms with Gasteiger partial charge in [0.25, 0.3) is 0 Å². The van der Waals surface area contributed by atoms with Crippen LogP contribution in [0.5, 0.6) is 0 Å². The number of hydrogen-bond acceptors (Lipinski definition) is 4. The van der Waals surface area contributed by atoms with Crippen LogP contribution in [-0.4, -0.2) is 25.2 Å². The molecule has 18 heavy (non-hydrogen) atoms. The van der Waals surface area contributed by atoms with E-state index in [1.54, 1.807) is 6.07 Å². The monoisotopic (exact) mass is 248 g/mol. The molecule has 2 atom stereocenters. The number of methoxy groups -OCH3 is 1. The van der Waals surface area contributed by atoms with Crippen molar-refractivity contribution in [3.05, 3.63) is 29.8 Å². The molecule has 0 amide bonds. The first kappa shape index (κ1) is 12.9. The molecule has 1 aromatic rings. The van der Waals surface area contributed by atoms with Gasteiger partial charge in [-0.05, 0) is 43.9 Å². The molecule has 0 saturated heterocycles. The summed E-state index contributed by atoms with van der Waals surface area (Å²) in [6.45, 7) is 0. The molecule has 2 unspecified atom stereocenters. The fourth-order valence-electron chi connectivity index (χ4n) is 2.45. The Hall–Kier alpha value is -1.55. The van der Waals surface area contributed by atoms with Crippen LogP contribution in [-0.2, 0) is 4.74 Å². The summed E-state index contributed by atoms with van der Waals surface area (Å²) < 4.78 is 4.71. The van der Waals surface area contributed by atoms with Gasteiger partial charge in [0.2, 0.25) is 0 Å². The van der Waals surface area contributed by atoms with Crippen LogP contribution >= 0.6 is 0 Å². The van der Waals surface area contributed by atoms with Crippen molar-refractivity contribution in [1.82, 2.24) is 0 Å². The number of nitrogens with one attached hydrogen (secondary N) is 1. The molecule has 98 valence electrons. The summed E-state index contributed by atoms with van der Waals surface area (Å²) in [6.07, 6.45) is 4.40. The molecular weight excluding hydrogens is 228 g/mol. The highest BCUT2D eigenvalue weighted by atomic mass is 16.5. The van der Waals surface area contributed by atoms with E-state index in [1.807, 2.05) is 18.2 Å². The zero-order valence-electron chi connectivity index (χ0n) is 10.7. The summed E-state index contributed by atoms with van der Waals surface area (Å²) in [5.74, 6) is -0.306. The lowest BCUT2D eigenvalue weighted by molar-refractivity contribution is 0.0601. The third-order valence-electron chi connectivity index (χ3n) is 3.37. The van der Waals surface area contributed by atoms with E-state index < -0.39 is 0 Å². The van der Waals surface area contributed by atoms with E-state index in [4.69, 9.17) is 10.5 Å². The number of rotatable bonds is 3. The highest BCUT2D eigenvalue weighted by Crippen LogP contribution is 2.21. The molecule has 4 nitrogen and oxygen atoms in total. The van der Waals surface area contributed by atoms with Gasteiger partial charge in [0.05, 0.1) is 12.7 Å². The molecule has 1 aromatic carbocycles. The minimum absolute atomic E-state index is 0.292. The third-order valence-corrected chi connectivity index (χ3v) is 3.37. The van der Waals surface area contributed by atoms with Crippen molar-refractivity contribution in [2.45, 2.75) is 37.8 Å². The topological polar surface area (TPSA) is 64.3 Å². The zero-order chi connectivity index (χ0) is 13.0. The first-order valence-corrected chi connectivity index (χ1v) is 6.39. The molecule has 0 heterocycles. The quantitative estimate of drug-likeness (QED) is 0.804. The first-order chi connectivity index (χ1) is 8.69. The van der Waals surface area contributed by atoms with E-state index >= 15 is 0 Å². The fraction of sp³-hybridized carbons (Fsp3) is 0.500. The van der Waals surface area contributed by atoms with Gasteiger partial charge in [0.15, 0.2) is 0 Å².